The Kier molecular flexibility index (Phi) is 5.23. The highest BCUT2D eigenvalue weighted by Crippen LogP contribution is 2.26. The number of ether oxygens (including phenoxy) is 1. The molecule has 1 aromatic heterocycles. The summed E-state index contributed by atoms with van der Waals surface area (Å²) in [6, 6.07) is 5.91. The lowest BCUT2D eigenvalue weighted by Crippen LogP contribution is -2.49. The van der Waals surface area contributed by atoms with E-state index in [-0.39, 0.29) is 12.5 Å². The number of nitrogens with zero attached hydrogens (tertiary/aromatic N) is 3. The van der Waals surface area contributed by atoms with Crippen molar-refractivity contribution < 1.29 is 14.6 Å². The highest BCUT2D eigenvalue weighted by molar-refractivity contribution is 5.94. The highest BCUT2D eigenvalue weighted by atomic mass is 16.5. The van der Waals surface area contributed by atoms with E-state index in [1.54, 1.807) is 18.0 Å². The van der Waals surface area contributed by atoms with Crippen molar-refractivity contribution in [1.29, 1.82) is 0 Å². The Bertz CT molecular complexity index is 799. The van der Waals surface area contributed by atoms with Crippen LogP contribution in [-0.2, 0) is 0 Å². The van der Waals surface area contributed by atoms with E-state index in [1.807, 2.05) is 25.1 Å². The van der Waals surface area contributed by atoms with E-state index in [1.165, 1.54) is 11.9 Å². The average molecular weight is 355 g/mol. The predicted molar refractivity (Wildman–Crippen MR) is 98.3 cm³/mol. The van der Waals surface area contributed by atoms with Crippen LogP contribution in [0.2, 0.25) is 0 Å². The van der Waals surface area contributed by atoms with Crippen LogP contribution in [0.15, 0.2) is 30.7 Å². The van der Waals surface area contributed by atoms with Gasteiger partial charge in [-0.15, -0.1) is 0 Å². The Labute approximate surface area is 153 Å². The minimum atomic E-state index is -0.919. The molecule has 1 aliphatic heterocycles. The maximum Gasteiger partial charge on any atom is 0.257 e. The van der Waals surface area contributed by atoms with E-state index < -0.39 is 5.60 Å². The summed E-state index contributed by atoms with van der Waals surface area (Å²) in [6.45, 7) is 7.09. The lowest BCUT2D eigenvalue weighted by Gasteiger charge is -2.38. The molecule has 0 radical (unpaired) electrons. The largest absolute Gasteiger partial charge is 0.491 e. The third kappa shape index (κ3) is 4.02. The number of aromatic nitrogens is 2. The molecule has 1 aliphatic rings. The van der Waals surface area contributed by atoms with Crippen molar-refractivity contribution in [2.45, 2.75) is 39.2 Å². The number of carbonyl (C=O) groups is 1. The summed E-state index contributed by atoms with van der Waals surface area (Å²) < 4.78 is 5.81. The topological polar surface area (TPSA) is 75.6 Å². The number of amides is 1. The molecule has 2 heterocycles. The summed E-state index contributed by atoms with van der Waals surface area (Å²) in [4.78, 5) is 22.4. The fraction of sp³-hybridized carbons (Fsp3) is 0.450. The van der Waals surface area contributed by atoms with Gasteiger partial charge in [-0.25, -0.2) is 9.97 Å². The van der Waals surface area contributed by atoms with Crippen molar-refractivity contribution in [1.82, 2.24) is 14.9 Å². The van der Waals surface area contributed by atoms with Crippen LogP contribution >= 0.6 is 0 Å². The van der Waals surface area contributed by atoms with Crippen molar-refractivity contribution >= 4 is 5.91 Å². The van der Waals surface area contributed by atoms with Gasteiger partial charge >= 0.3 is 0 Å². The molecule has 1 aromatic carbocycles. The van der Waals surface area contributed by atoms with Crippen LogP contribution < -0.4 is 4.74 Å². The molecule has 0 saturated carbocycles. The standard InChI is InChI=1S/C20H25N3O3/c1-14-4-5-17(10-15(14)2)26-12-20(25)6-8-23(9-7-20)19(24)18-11-21-13-22-16(18)3/h4-5,10-11,13,25H,6-9,12H2,1-3H3. The van der Waals surface area contributed by atoms with Crippen LogP contribution in [0.3, 0.4) is 0 Å². The van der Waals surface area contributed by atoms with Gasteiger partial charge in [-0.3, -0.25) is 4.79 Å². The second-order valence-electron chi connectivity index (χ2n) is 7.07. The number of hydrogen-bond donors (Lipinski definition) is 1. The van der Waals surface area contributed by atoms with Gasteiger partial charge in [-0.1, -0.05) is 6.07 Å². The Morgan fingerprint density at radius 3 is 2.62 bits per heavy atom. The van der Waals surface area contributed by atoms with Crippen LogP contribution in [0.1, 0.15) is 40.0 Å². The third-order valence-electron chi connectivity index (χ3n) is 5.11. The second-order valence-corrected chi connectivity index (χ2v) is 7.07. The number of hydrogen-bond acceptors (Lipinski definition) is 5. The fourth-order valence-electron chi connectivity index (χ4n) is 3.06. The van der Waals surface area contributed by atoms with Crippen LogP contribution in [-0.4, -0.2) is 51.2 Å². The van der Waals surface area contributed by atoms with Crippen LogP contribution in [0.4, 0.5) is 0 Å². The molecule has 0 aliphatic carbocycles. The molecule has 6 heteroatoms. The van der Waals surface area contributed by atoms with Crippen LogP contribution in [0.5, 0.6) is 5.75 Å². The molecule has 26 heavy (non-hydrogen) atoms. The van der Waals surface area contributed by atoms with Gasteiger partial charge in [-0.05, 0) is 56.9 Å². The van der Waals surface area contributed by atoms with Gasteiger partial charge in [-0.2, -0.15) is 0 Å². The summed E-state index contributed by atoms with van der Waals surface area (Å²) in [5.41, 5.74) is 2.64. The molecule has 138 valence electrons. The monoisotopic (exact) mass is 355 g/mol. The molecule has 0 unspecified atom stereocenters. The molecule has 2 aromatic rings. The number of piperidine rings is 1. The van der Waals surface area contributed by atoms with Crippen molar-refractivity contribution in [2.24, 2.45) is 0 Å². The van der Waals surface area contributed by atoms with Crippen molar-refractivity contribution in [2.75, 3.05) is 19.7 Å². The van der Waals surface area contributed by atoms with Crippen molar-refractivity contribution in [3.63, 3.8) is 0 Å². The first-order chi connectivity index (χ1) is 12.4. The zero-order valence-electron chi connectivity index (χ0n) is 15.5. The molecule has 0 bridgehead atoms. The number of likely N-dealkylation sites (tertiary alicyclic amines) is 1. The number of benzene rings is 1. The Hall–Kier alpha value is -2.47. The molecule has 0 atom stereocenters. The minimum absolute atomic E-state index is 0.0831. The van der Waals surface area contributed by atoms with E-state index in [2.05, 4.69) is 16.9 Å². The maximum atomic E-state index is 12.6. The summed E-state index contributed by atoms with van der Waals surface area (Å²) in [5, 5.41) is 10.8. The van der Waals surface area contributed by atoms with Gasteiger partial charge in [0.1, 0.15) is 24.3 Å². The zero-order chi connectivity index (χ0) is 18.7. The fourth-order valence-corrected chi connectivity index (χ4v) is 3.06. The molecular formula is C20H25N3O3. The van der Waals surface area contributed by atoms with Crippen molar-refractivity contribution in [3.8, 4) is 5.75 Å². The van der Waals surface area contributed by atoms with Crippen molar-refractivity contribution in [3.05, 3.63) is 53.1 Å². The Morgan fingerprint density at radius 1 is 1.23 bits per heavy atom. The van der Waals surface area contributed by atoms with Gasteiger partial charge in [0.2, 0.25) is 0 Å². The van der Waals surface area contributed by atoms with E-state index in [9.17, 15) is 9.90 Å². The molecular weight excluding hydrogens is 330 g/mol. The van der Waals surface area contributed by atoms with E-state index in [0.29, 0.717) is 37.2 Å². The van der Waals surface area contributed by atoms with Gasteiger partial charge in [0.05, 0.1) is 11.3 Å². The first-order valence-electron chi connectivity index (χ1n) is 8.86. The molecule has 3 rings (SSSR count). The summed E-state index contributed by atoms with van der Waals surface area (Å²) >= 11 is 0. The number of rotatable bonds is 4. The molecule has 0 spiro atoms. The molecule has 1 fully saturated rings. The number of aliphatic hydroxyl groups is 1. The molecule has 1 saturated heterocycles. The van der Waals surface area contributed by atoms with Gasteiger partial charge in [0, 0.05) is 19.3 Å². The zero-order valence-corrected chi connectivity index (χ0v) is 15.5. The highest BCUT2D eigenvalue weighted by Gasteiger charge is 2.35. The number of aryl methyl sites for hydroxylation is 3. The maximum absolute atomic E-state index is 12.6. The number of carbonyl (C=O) groups excluding carboxylic acids is 1. The first kappa shape index (κ1) is 18.3. The van der Waals surface area contributed by atoms with Gasteiger partial charge < -0.3 is 14.7 Å². The lowest BCUT2D eigenvalue weighted by molar-refractivity contribution is -0.0475. The van der Waals surface area contributed by atoms with Crippen LogP contribution in [0.25, 0.3) is 0 Å². The van der Waals surface area contributed by atoms with E-state index >= 15 is 0 Å². The lowest BCUT2D eigenvalue weighted by atomic mass is 9.92. The third-order valence-corrected chi connectivity index (χ3v) is 5.11. The van der Waals surface area contributed by atoms with E-state index in [0.717, 1.165) is 11.3 Å². The second kappa shape index (κ2) is 7.41. The summed E-state index contributed by atoms with van der Waals surface area (Å²) in [7, 11) is 0. The smallest absolute Gasteiger partial charge is 0.257 e. The minimum Gasteiger partial charge on any atom is -0.491 e. The first-order valence-corrected chi connectivity index (χ1v) is 8.86. The molecule has 1 N–H and O–H groups in total. The Morgan fingerprint density at radius 2 is 1.96 bits per heavy atom. The van der Waals surface area contributed by atoms with Gasteiger partial charge in [0.25, 0.3) is 5.91 Å². The molecule has 6 nitrogen and oxygen atoms in total. The van der Waals surface area contributed by atoms with Crippen LogP contribution in [0, 0.1) is 20.8 Å². The quantitative estimate of drug-likeness (QED) is 0.912. The summed E-state index contributed by atoms with van der Waals surface area (Å²) in [5.74, 6) is 0.678. The average Bonchev–Trinajstić information content (AvgIpc) is 2.63. The van der Waals surface area contributed by atoms with E-state index in [4.69, 9.17) is 4.74 Å². The molecule has 1 amide bonds. The summed E-state index contributed by atoms with van der Waals surface area (Å²) in [6.07, 6.45) is 3.95. The SMILES string of the molecule is Cc1ccc(OCC2(O)CCN(C(=O)c3cncnc3C)CC2)cc1C. The Balaban J connectivity index is 1.57. The normalized spacial score (nSPS) is 16.4. The predicted octanol–water partition coefficient (Wildman–Crippen LogP) is 2.45. The van der Waals surface area contributed by atoms with Gasteiger partial charge in [0.15, 0.2) is 0 Å².